The molecule has 142 valence electrons. The third-order valence-electron chi connectivity index (χ3n) is 4.67. The van der Waals surface area contributed by atoms with Crippen LogP contribution in [0.4, 0.5) is 0 Å². The van der Waals surface area contributed by atoms with Crippen molar-refractivity contribution in [2.75, 3.05) is 19.6 Å². The SMILES string of the molecule is Cc1cccc(OC(C)CNC(=O)C2(n3cccn3)CCNCC2)c1.Cl. The lowest BCUT2D eigenvalue weighted by molar-refractivity contribution is -0.132. The second-order valence-electron chi connectivity index (χ2n) is 6.69. The summed E-state index contributed by atoms with van der Waals surface area (Å²) in [5, 5.41) is 10.7. The summed E-state index contributed by atoms with van der Waals surface area (Å²) in [6.45, 7) is 6.07. The first-order valence-electron chi connectivity index (χ1n) is 8.83. The molecule has 2 N–H and O–H groups in total. The lowest BCUT2D eigenvalue weighted by Crippen LogP contribution is -2.55. The predicted molar refractivity (Wildman–Crippen MR) is 104 cm³/mol. The Hall–Kier alpha value is -2.05. The Morgan fingerprint density at radius 2 is 2.15 bits per heavy atom. The van der Waals surface area contributed by atoms with Crippen molar-refractivity contribution < 1.29 is 9.53 Å². The summed E-state index contributed by atoms with van der Waals surface area (Å²) >= 11 is 0. The smallest absolute Gasteiger partial charge is 0.248 e. The Kier molecular flexibility index (Phi) is 7.06. The van der Waals surface area contributed by atoms with Crippen LogP contribution in [0.15, 0.2) is 42.7 Å². The van der Waals surface area contributed by atoms with Crippen LogP contribution in [0.3, 0.4) is 0 Å². The zero-order valence-corrected chi connectivity index (χ0v) is 16.1. The zero-order chi connectivity index (χ0) is 17.7. The van der Waals surface area contributed by atoms with Gasteiger partial charge in [0.15, 0.2) is 0 Å². The Morgan fingerprint density at radius 1 is 1.38 bits per heavy atom. The van der Waals surface area contributed by atoms with Crippen molar-refractivity contribution in [1.29, 1.82) is 0 Å². The van der Waals surface area contributed by atoms with E-state index >= 15 is 0 Å². The second kappa shape index (κ2) is 9.05. The number of aromatic nitrogens is 2. The third kappa shape index (κ3) is 4.56. The zero-order valence-electron chi connectivity index (χ0n) is 15.3. The van der Waals surface area contributed by atoms with E-state index in [1.165, 1.54) is 0 Å². The van der Waals surface area contributed by atoms with Crippen LogP contribution in [0.25, 0.3) is 0 Å². The molecule has 7 heteroatoms. The predicted octanol–water partition coefficient (Wildman–Crippen LogP) is 2.28. The number of halogens is 1. The number of carbonyl (C=O) groups is 1. The first-order valence-corrected chi connectivity index (χ1v) is 8.83. The van der Waals surface area contributed by atoms with Gasteiger partial charge in [0.2, 0.25) is 5.91 Å². The number of piperidine rings is 1. The summed E-state index contributed by atoms with van der Waals surface area (Å²) in [7, 11) is 0. The first kappa shape index (κ1) is 20.3. The van der Waals surface area contributed by atoms with Crippen molar-refractivity contribution in [3.05, 3.63) is 48.3 Å². The van der Waals surface area contributed by atoms with Gasteiger partial charge >= 0.3 is 0 Å². The van der Waals surface area contributed by atoms with Gasteiger partial charge in [0, 0.05) is 12.4 Å². The molecule has 1 aliphatic heterocycles. The standard InChI is InChI=1S/C19H26N4O2.ClH/c1-15-5-3-6-17(13-15)25-16(2)14-21-18(24)19(7-10-20-11-8-19)23-12-4-9-22-23;/h3-6,9,12-13,16,20H,7-8,10-11,14H2,1-2H3,(H,21,24);1H. The number of ether oxygens (including phenoxy) is 1. The highest BCUT2D eigenvalue weighted by atomic mass is 35.5. The van der Waals surface area contributed by atoms with Crippen molar-refractivity contribution in [3.63, 3.8) is 0 Å². The second-order valence-corrected chi connectivity index (χ2v) is 6.69. The van der Waals surface area contributed by atoms with Gasteiger partial charge in [-0.2, -0.15) is 5.10 Å². The molecule has 1 aromatic carbocycles. The quantitative estimate of drug-likeness (QED) is 0.809. The molecule has 1 saturated heterocycles. The molecule has 1 aliphatic rings. The molecule has 0 bridgehead atoms. The Morgan fingerprint density at radius 3 is 2.81 bits per heavy atom. The van der Waals surface area contributed by atoms with Gasteiger partial charge < -0.3 is 15.4 Å². The molecular weight excluding hydrogens is 352 g/mol. The molecular formula is C19H27ClN4O2. The van der Waals surface area contributed by atoms with E-state index in [0.717, 1.165) is 37.2 Å². The highest BCUT2D eigenvalue weighted by molar-refractivity contribution is 5.85. The summed E-state index contributed by atoms with van der Waals surface area (Å²) in [6.07, 6.45) is 4.95. The van der Waals surface area contributed by atoms with Crippen LogP contribution < -0.4 is 15.4 Å². The molecule has 6 nitrogen and oxygen atoms in total. The maximum atomic E-state index is 13.0. The van der Waals surface area contributed by atoms with Crippen LogP contribution in [0.5, 0.6) is 5.75 Å². The van der Waals surface area contributed by atoms with Gasteiger partial charge in [0.05, 0.1) is 6.54 Å². The molecule has 1 unspecified atom stereocenters. The van der Waals surface area contributed by atoms with Crippen molar-refractivity contribution in [3.8, 4) is 5.75 Å². The van der Waals surface area contributed by atoms with E-state index in [1.807, 2.05) is 50.4 Å². The van der Waals surface area contributed by atoms with Gasteiger partial charge in [-0.1, -0.05) is 12.1 Å². The van der Waals surface area contributed by atoms with Crippen LogP contribution in [0, 0.1) is 6.92 Å². The highest BCUT2D eigenvalue weighted by Crippen LogP contribution is 2.27. The van der Waals surface area contributed by atoms with Crippen molar-refractivity contribution in [2.24, 2.45) is 0 Å². The number of hydrogen-bond acceptors (Lipinski definition) is 4. The number of rotatable bonds is 6. The minimum absolute atomic E-state index is 0. The molecule has 2 heterocycles. The van der Waals surface area contributed by atoms with E-state index < -0.39 is 5.54 Å². The van der Waals surface area contributed by atoms with Crippen LogP contribution >= 0.6 is 12.4 Å². The minimum Gasteiger partial charge on any atom is -0.489 e. The van der Waals surface area contributed by atoms with Crippen molar-refractivity contribution in [1.82, 2.24) is 20.4 Å². The average molecular weight is 379 g/mol. The molecule has 0 spiro atoms. The normalized spacial score (nSPS) is 17.0. The van der Waals surface area contributed by atoms with E-state index in [0.29, 0.717) is 6.54 Å². The Balaban J connectivity index is 0.00000243. The van der Waals surface area contributed by atoms with Gasteiger partial charge in [-0.15, -0.1) is 12.4 Å². The number of nitrogens with one attached hydrogen (secondary N) is 2. The largest absolute Gasteiger partial charge is 0.489 e. The molecule has 26 heavy (non-hydrogen) atoms. The number of hydrogen-bond donors (Lipinski definition) is 2. The van der Waals surface area contributed by atoms with Crippen LogP contribution in [0.2, 0.25) is 0 Å². The third-order valence-corrected chi connectivity index (χ3v) is 4.67. The summed E-state index contributed by atoms with van der Waals surface area (Å²) in [5.41, 5.74) is 0.540. The summed E-state index contributed by atoms with van der Waals surface area (Å²) in [5.74, 6) is 0.836. The topological polar surface area (TPSA) is 68.2 Å². The molecule has 0 saturated carbocycles. The fraction of sp³-hybridized carbons (Fsp3) is 0.474. The summed E-state index contributed by atoms with van der Waals surface area (Å²) in [4.78, 5) is 13.0. The van der Waals surface area contributed by atoms with Gasteiger partial charge in [-0.3, -0.25) is 9.48 Å². The molecule has 1 amide bonds. The molecule has 0 aliphatic carbocycles. The molecule has 1 aromatic heterocycles. The maximum Gasteiger partial charge on any atom is 0.248 e. The summed E-state index contributed by atoms with van der Waals surface area (Å²) < 4.78 is 7.71. The van der Waals surface area contributed by atoms with Crippen LogP contribution in [0.1, 0.15) is 25.3 Å². The molecule has 1 fully saturated rings. The number of carbonyl (C=O) groups excluding carboxylic acids is 1. The highest BCUT2D eigenvalue weighted by Gasteiger charge is 2.41. The number of aryl methyl sites for hydroxylation is 1. The Bertz CT molecular complexity index is 699. The molecule has 2 aromatic rings. The van der Waals surface area contributed by atoms with E-state index in [1.54, 1.807) is 10.9 Å². The molecule has 3 rings (SSSR count). The van der Waals surface area contributed by atoms with Crippen LogP contribution in [-0.4, -0.2) is 41.4 Å². The van der Waals surface area contributed by atoms with E-state index in [2.05, 4.69) is 15.7 Å². The van der Waals surface area contributed by atoms with Crippen molar-refractivity contribution in [2.45, 2.75) is 38.3 Å². The van der Waals surface area contributed by atoms with Gasteiger partial charge in [0.1, 0.15) is 17.4 Å². The Labute approximate surface area is 160 Å². The van der Waals surface area contributed by atoms with Gasteiger partial charge in [0.25, 0.3) is 0 Å². The number of amides is 1. The monoisotopic (exact) mass is 378 g/mol. The lowest BCUT2D eigenvalue weighted by Gasteiger charge is -2.36. The first-order chi connectivity index (χ1) is 12.1. The summed E-state index contributed by atoms with van der Waals surface area (Å²) in [6, 6.07) is 9.79. The lowest BCUT2D eigenvalue weighted by atomic mass is 9.87. The van der Waals surface area contributed by atoms with Crippen LogP contribution in [-0.2, 0) is 10.3 Å². The minimum atomic E-state index is -0.613. The molecule has 1 atom stereocenters. The van der Waals surface area contributed by atoms with Crippen molar-refractivity contribution >= 4 is 18.3 Å². The van der Waals surface area contributed by atoms with Gasteiger partial charge in [-0.25, -0.2) is 0 Å². The maximum absolute atomic E-state index is 13.0. The fourth-order valence-electron chi connectivity index (χ4n) is 3.29. The molecule has 0 radical (unpaired) electrons. The fourth-order valence-corrected chi connectivity index (χ4v) is 3.29. The van der Waals surface area contributed by atoms with E-state index in [-0.39, 0.29) is 24.4 Å². The average Bonchev–Trinajstić information content (AvgIpc) is 3.15. The van der Waals surface area contributed by atoms with E-state index in [9.17, 15) is 4.79 Å². The van der Waals surface area contributed by atoms with Gasteiger partial charge in [-0.05, 0) is 63.5 Å². The number of nitrogens with zero attached hydrogens (tertiary/aromatic N) is 2. The van der Waals surface area contributed by atoms with E-state index in [4.69, 9.17) is 4.74 Å². The number of benzene rings is 1.